The minimum atomic E-state index is -4.93. The summed E-state index contributed by atoms with van der Waals surface area (Å²) < 4.78 is 57.9. The predicted octanol–water partition coefficient (Wildman–Crippen LogP) is 5.81. The van der Waals surface area contributed by atoms with Crippen LogP contribution in [0.2, 0.25) is 0 Å². The number of hydrogen-bond acceptors (Lipinski definition) is 6. The van der Waals surface area contributed by atoms with E-state index < -0.39 is 77.8 Å². The Morgan fingerprint density at radius 1 is 0.961 bits per heavy atom. The van der Waals surface area contributed by atoms with Crippen LogP contribution in [0.1, 0.15) is 77.2 Å². The summed E-state index contributed by atoms with van der Waals surface area (Å²) in [6.45, 7) is 1.30. The summed E-state index contributed by atoms with van der Waals surface area (Å²) >= 11 is 0. The number of carbonyl (C=O) groups excluding carboxylic acids is 3. The average molecular weight is 712 g/mol. The fraction of sp³-hybridized carbons (Fsp3) is 0.405. The Morgan fingerprint density at radius 3 is 2.27 bits per heavy atom. The van der Waals surface area contributed by atoms with Crippen LogP contribution in [0.4, 0.5) is 28.9 Å². The molecule has 3 aromatic rings. The third-order valence-electron chi connectivity index (χ3n) is 9.57. The molecule has 1 saturated carbocycles. The zero-order chi connectivity index (χ0) is 36.9. The largest absolute Gasteiger partial charge is 0.480 e. The molecule has 3 atom stereocenters. The number of likely N-dealkylation sites (tertiary alicyclic amines) is 1. The number of carboxylic acids is 1. The molecule has 0 aromatic heterocycles. The van der Waals surface area contributed by atoms with Gasteiger partial charge in [-0.25, -0.2) is 9.18 Å². The summed E-state index contributed by atoms with van der Waals surface area (Å²) in [5.41, 5.74) is 5.22. The van der Waals surface area contributed by atoms with Gasteiger partial charge in [-0.15, -0.1) is 0 Å². The van der Waals surface area contributed by atoms with Gasteiger partial charge in [0, 0.05) is 30.4 Å². The van der Waals surface area contributed by atoms with Gasteiger partial charge in [0.25, 0.3) is 5.91 Å². The van der Waals surface area contributed by atoms with Crippen LogP contribution in [-0.4, -0.2) is 58.9 Å². The number of nitrogens with zero attached hydrogens (tertiary/aromatic N) is 1. The highest BCUT2D eigenvalue weighted by Gasteiger charge is 2.41. The maximum Gasteiger partial charge on any atom is 0.416 e. The second-order valence-electron chi connectivity index (χ2n) is 13.1. The fourth-order valence-corrected chi connectivity index (χ4v) is 7.04. The van der Waals surface area contributed by atoms with E-state index in [0.29, 0.717) is 36.1 Å². The smallest absolute Gasteiger partial charge is 0.416 e. The number of nitrogens with one attached hydrogen (secondary N) is 3. The first kappa shape index (κ1) is 37.3. The molecule has 6 N–H and O–H groups in total. The van der Waals surface area contributed by atoms with Crippen LogP contribution in [0, 0.1) is 18.7 Å². The van der Waals surface area contributed by atoms with E-state index in [-0.39, 0.29) is 17.8 Å². The van der Waals surface area contributed by atoms with Crippen molar-refractivity contribution >= 4 is 35.1 Å². The van der Waals surface area contributed by atoms with Crippen LogP contribution >= 0.6 is 0 Å². The molecule has 0 bridgehead atoms. The van der Waals surface area contributed by atoms with Gasteiger partial charge in [-0.3, -0.25) is 14.4 Å². The maximum atomic E-state index is 15.1. The van der Waals surface area contributed by atoms with E-state index in [1.54, 1.807) is 25.1 Å². The van der Waals surface area contributed by atoms with Crippen molar-refractivity contribution in [1.82, 2.24) is 10.2 Å². The fourth-order valence-electron chi connectivity index (χ4n) is 7.04. The number of amides is 3. The minimum absolute atomic E-state index is 0.115. The Hall–Kier alpha value is -4.98. The lowest BCUT2D eigenvalue weighted by Crippen LogP contribution is -2.46. The molecule has 1 unspecified atom stereocenters. The Balaban J connectivity index is 1.46. The molecule has 2 aliphatic rings. The van der Waals surface area contributed by atoms with Gasteiger partial charge in [-0.1, -0.05) is 43.2 Å². The van der Waals surface area contributed by atoms with Crippen molar-refractivity contribution in [2.75, 3.05) is 23.7 Å². The molecule has 1 saturated heterocycles. The summed E-state index contributed by atoms with van der Waals surface area (Å²) in [4.78, 5) is 52.9. The molecule has 2 fully saturated rings. The number of halogens is 4. The molecule has 10 nitrogen and oxygen atoms in total. The second-order valence-corrected chi connectivity index (χ2v) is 13.1. The molecule has 272 valence electrons. The van der Waals surface area contributed by atoms with Crippen LogP contribution in [-0.2, 0) is 27.0 Å². The van der Waals surface area contributed by atoms with Crippen molar-refractivity contribution in [2.45, 2.75) is 76.2 Å². The number of rotatable bonds is 11. The zero-order valence-corrected chi connectivity index (χ0v) is 28.1. The van der Waals surface area contributed by atoms with Gasteiger partial charge in [0.2, 0.25) is 11.8 Å². The lowest BCUT2D eigenvalue weighted by molar-refractivity contribution is -0.142. The van der Waals surface area contributed by atoms with Crippen molar-refractivity contribution in [3.8, 4) is 0 Å². The van der Waals surface area contributed by atoms with Crippen molar-refractivity contribution in [1.29, 1.82) is 0 Å². The predicted molar refractivity (Wildman–Crippen MR) is 182 cm³/mol. The van der Waals surface area contributed by atoms with Crippen LogP contribution in [0.25, 0.3) is 0 Å². The lowest BCUT2D eigenvalue weighted by Gasteiger charge is -2.41. The van der Waals surface area contributed by atoms with Crippen LogP contribution in [0.3, 0.4) is 0 Å². The normalized spacial score (nSPS) is 18.6. The van der Waals surface area contributed by atoms with Gasteiger partial charge in [0.1, 0.15) is 11.9 Å². The molecule has 0 spiro atoms. The van der Waals surface area contributed by atoms with E-state index in [1.807, 2.05) is 12.1 Å². The van der Waals surface area contributed by atoms with Gasteiger partial charge in [0.15, 0.2) is 0 Å². The average Bonchev–Trinajstić information content (AvgIpc) is 3.61. The summed E-state index contributed by atoms with van der Waals surface area (Å²) in [6, 6.07) is 12.4. The highest BCUT2D eigenvalue weighted by Crippen LogP contribution is 2.40. The third-order valence-corrected chi connectivity index (χ3v) is 9.57. The van der Waals surface area contributed by atoms with E-state index in [1.165, 1.54) is 23.1 Å². The van der Waals surface area contributed by atoms with Gasteiger partial charge >= 0.3 is 12.1 Å². The quantitative estimate of drug-likeness (QED) is 0.157. The summed E-state index contributed by atoms with van der Waals surface area (Å²) in [5, 5.41) is 17.7. The molecule has 14 heteroatoms. The first-order valence-electron chi connectivity index (χ1n) is 16.9. The van der Waals surface area contributed by atoms with Crippen LogP contribution in [0.15, 0.2) is 60.7 Å². The SMILES string of the molecule is Cc1cccc(F)c1C(=O)N1CCC[C@H](C(=O)Nc2ccc(CC(NC(=O)CN)C(=O)O)c(C(F)(F)F)c2)[C@@H]1c1ccc(NC2CCCC2)cc1. The summed E-state index contributed by atoms with van der Waals surface area (Å²) in [5.74, 6) is -5.25. The van der Waals surface area contributed by atoms with Gasteiger partial charge < -0.3 is 31.7 Å². The number of piperidine rings is 1. The number of alkyl halides is 3. The molecule has 1 aliphatic heterocycles. The van der Waals surface area contributed by atoms with Gasteiger partial charge in [-0.05, 0) is 79.6 Å². The first-order valence-corrected chi connectivity index (χ1v) is 16.9. The number of nitrogens with two attached hydrogens (primary N) is 1. The van der Waals surface area contributed by atoms with Crippen molar-refractivity contribution in [2.24, 2.45) is 11.7 Å². The number of anilines is 2. The van der Waals surface area contributed by atoms with Gasteiger partial charge in [0.05, 0.1) is 29.6 Å². The number of aliphatic carboxylic acids is 1. The molecule has 1 heterocycles. The number of hydrogen-bond donors (Lipinski definition) is 5. The van der Waals surface area contributed by atoms with Crippen molar-refractivity contribution < 1.29 is 41.8 Å². The van der Waals surface area contributed by atoms with Crippen LogP contribution < -0.4 is 21.7 Å². The molecule has 51 heavy (non-hydrogen) atoms. The lowest BCUT2D eigenvalue weighted by atomic mass is 9.83. The molecule has 5 rings (SSSR count). The molecule has 1 aliphatic carbocycles. The molecular weight excluding hydrogens is 670 g/mol. The molecule has 3 aromatic carbocycles. The Bertz CT molecular complexity index is 1740. The Morgan fingerprint density at radius 2 is 1.65 bits per heavy atom. The number of aryl methyl sites for hydroxylation is 1. The first-order chi connectivity index (χ1) is 24.3. The Labute approximate surface area is 292 Å². The van der Waals surface area contributed by atoms with Gasteiger partial charge in [-0.2, -0.15) is 13.2 Å². The molecule has 3 amide bonds. The minimum Gasteiger partial charge on any atom is -0.480 e. The van der Waals surface area contributed by atoms with E-state index in [9.17, 15) is 37.5 Å². The standard InChI is InChI=1S/C37H41F4N5O5/c1-21-6-4-10-29(38)32(21)35(49)46-17-5-9-27(33(46)22-11-14-25(15-12-22)43-24-7-2-3-8-24)34(48)44-26-16-13-23(28(19-26)37(39,40)41)18-30(36(50)51)45-31(47)20-42/h4,6,10-16,19,24,27,30,33,43H,2-3,5,7-9,17-18,20,42H2,1H3,(H,44,48)(H,45,47)(H,50,51)/t27-,30?,33-/m0/s1. The topological polar surface area (TPSA) is 154 Å². The highest BCUT2D eigenvalue weighted by molar-refractivity contribution is 5.98. The van der Waals surface area contributed by atoms with Crippen molar-refractivity contribution in [3.63, 3.8) is 0 Å². The number of benzene rings is 3. The van der Waals surface area contributed by atoms with E-state index in [0.717, 1.165) is 37.4 Å². The third kappa shape index (κ3) is 8.85. The maximum absolute atomic E-state index is 15.1. The monoisotopic (exact) mass is 711 g/mol. The highest BCUT2D eigenvalue weighted by atomic mass is 19.4. The van der Waals surface area contributed by atoms with Crippen LogP contribution in [0.5, 0.6) is 0 Å². The van der Waals surface area contributed by atoms with E-state index in [2.05, 4.69) is 16.0 Å². The number of carboxylic acid groups (broad SMARTS) is 1. The van der Waals surface area contributed by atoms with E-state index in [4.69, 9.17) is 5.73 Å². The second kappa shape index (κ2) is 15.9. The molecular formula is C37H41F4N5O5. The number of carbonyl (C=O) groups is 4. The summed E-state index contributed by atoms with van der Waals surface area (Å²) in [6.07, 6.45) is -0.546. The zero-order valence-electron chi connectivity index (χ0n) is 28.1. The van der Waals surface area contributed by atoms with Crippen molar-refractivity contribution in [3.05, 3.63) is 94.3 Å². The summed E-state index contributed by atoms with van der Waals surface area (Å²) in [7, 11) is 0. The Kier molecular flexibility index (Phi) is 11.6. The molecule has 0 radical (unpaired) electrons. The van der Waals surface area contributed by atoms with E-state index >= 15 is 4.39 Å².